The van der Waals surface area contributed by atoms with E-state index in [0.717, 1.165) is 35.4 Å². The molecule has 0 bridgehead atoms. The number of imidazole rings is 1. The molecule has 86 valence electrons. The molecule has 0 fully saturated rings. The molecule has 0 saturated carbocycles. The second kappa shape index (κ2) is 4.53. The maximum Gasteiger partial charge on any atom is 0.109 e. The third-order valence-electron chi connectivity index (χ3n) is 2.65. The topological polar surface area (TPSA) is 64.1 Å². The normalized spacial score (nSPS) is 11.1. The van der Waals surface area contributed by atoms with Gasteiger partial charge < -0.3 is 15.4 Å². The van der Waals surface area contributed by atoms with Crippen LogP contribution in [0.5, 0.6) is 0 Å². The molecule has 0 saturated heterocycles. The molecule has 1 aromatic carbocycles. The van der Waals surface area contributed by atoms with Crippen LogP contribution in [-0.2, 0) is 13.0 Å². The van der Waals surface area contributed by atoms with Crippen molar-refractivity contribution >= 4 is 16.7 Å². The van der Waals surface area contributed by atoms with Gasteiger partial charge >= 0.3 is 0 Å². The van der Waals surface area contributed by atoms with E-state index < -0.39 is 0 Å². The van der Waals surface area contributed by atoms with E-state index in [-0.39, 0.29) is 6.61 Å². The Morgan fingerprint density at radius 1 is 1.44 bits per heavy atom. The van der Waals surface area contributed by atoms with Gasteiger partial charge in [-0.05, 0) is 24.6 Å². The van der Waals surface area contributed by atoms with Gasteiger partial charge in [0, 0.05) is 18.7 Å². The lowest BCUT2D eigenvalue weighted by atomic mass is 10.3. The monoisotopic (exact) mass is 219 g/mol. The van der Waals surface area contributed by atoms with Crippen LogP contribution < -0.4 is 5.73 Å². The third-order valence-corrected chi connectivity index (χ3v) is 2.65. The number of anilines is 1. The van der Waals surface area contributed by atoms with Crippen LogP contribution in [-0.4, -0.2) is 21.3 Å². The zero-order valence-corrected chi connectivity index (χ0v) is 9.48. The second-order valence-electron chi connectivity index (χ2n) is 3.90. The van der Waals surface area contributed by atoms with Gasteiger partial charge in [0.2, 0.25) is 0 Å². The van der Waals surface area contributed by atoms with Crippen LogP contribution in [0.15, 0.2) is 18.2 Å². The third kappa shape index (κ3) is 1.88. The summed E-state index contributed by atoms with van der Waals surface area (Å²) < 4.78 is 2.07. The number of benzene rings is 1. The molecule has 0 aliphatic rings. The van der Waals surface area contributed by atoms with E-state index in [1.54, 1.807) is 0 Å². The quantitative estimate of drug-likeness (QED) is 0.767. The number of hydrogen-bond donors (Lipinski definition) is 2. The Bertz CT molecular complexity index is 490. The molecule has 3 N–H and O–H groups in total. The van der Waals surface area contributed by atoms with E-state index >= 15 is 0 Å². The van der Waals surface area contributed by atoms with Crippen molar-refractivity contribution in [2.75, 3.05) is 12.3 Å². The van der Waals surface area contributed by atoms with Crippen molar-refractivity contribution in [3.8, 4) is 0 Å². The van der Waals surface area contributed by atoms with Gasteiger partial charge in [-0.25, -0.2) is 4.98 Å². The first-order chi connectivity index (χ1) is 7.76. The maximum absolute atomic E-state index is 9.07. The molecular formula is C12H17N3O. The van der Waals surface area contributed by atoms with Crippen molar-refractivity contribution in [1.29, 1.82) is 0 Å². The SMILES string of the molecule is CCCc1nc2cc(N)ccc2n1CCO. The van der Waals surface area contributed by atoms with Crippen molar-refractivity contribution in [3.63, 3.8) is 0 Å². The van der Waals surface area contributed by atoms with Crippen molar-refractivity contribution < 1.29 is 5.11 Å². The van der Waals surface area contributed by atoms with Gasteiger partial charge in [0.1, 0.15) is 5.82 Å². The molecule has 4 nitrogen and oxygen atoms in total. The lowest BCUT2D eigenvalue weighted by molar-refractivity contribution is 0.276. The molecule has 16 heavy (non-hydrogen) atoms. The Morgan fingerprint density at radius 2 is 2.25 bits per heavy atom. The lowest BCUT2D eigenvalue weighted by Gasteiger charge is -2.06. The van der Waals surface area contributed by atoms with Crippen LogP contribution in [0.3, 0.4) is 0 Å². The molecule has 1 heterocycles. The van der Waals surface area contributed by atoms with Crippen LogP contribution in [0.25, 0.3) is 11.0 Å². The minimum atomic E-state index is 0.131. The van der Waals surface area contributed by atoms with Gasteiger partial charge in [-0.15, -0.1) is 0 Å². The molecule has 0 aliphatic heterocycles. The summed E-state index contributed by atoms with van der Waals surface area (Å²) in [6.45, 7) is 2.85. The van der Waals surface area contributed by atoms with E-state index in [0.29, 0.717) is 6.54 Å². The molecule has 4 heteroatoms. The highest BCUT2D eigenvalue weighted by molar-refractivity contribution is 5.79. The van der Waals surface area contributed by atoms with Crippen LogP contribution >= 0.6 is 0 Å². The van der Waals surface area contributed by atoms with Gasteiger partial charge in [-0.3, -0.25) is 0 Å². The summed E-state index contributed by atoms with van der Waals surface area (Å²) in [4.78, 5) is 4.55. The molecule has 2 rings (SSSR count). The van der Waals surface area contributed by atoms with Gasteiger partial charge in [0.25, 0.3) is 0 Å². The van der Waals surface area contributed by atoms with Crippen molar-refractivity contribution in [2.24, 2.45) is 0 Å². The molecule has 0 amide bonds. The number of nitrogens with zero attached hydrogens (tertiary/aromatic N) is 2. The largest absolute Gasteiger partial charge is 0.399 e. The number of aryl methyl sites for hydroxylation is 1. The molecule has 0 spiro atoms. The van der Waals surface area contributed by atoms with Crippen LogP contribution in [0.4, 0.5) is 5.69 Å². The first kappa shape index (κ1) is 11.0. The van der Waals surface area contributed by atoms with Crippen molar-refractivity contribution in [2.45, 2.75) is 26.3 Å². The Morgan fingerprint density at radius 3 is 2.94 bits per heavy atom. The summed E-state index contributed by atoms with van der Waals surface area (Å²) in [7, 11) is 0. The first-order valence-electron chi connectivity index (χ1n) is 5.61. The summed E-state index contributed by atoms with van der Waals surface area (Å²) in [5.41, 5.74) is 8.42. The summed E-state index contributed by atoms with van der Waals surface area (Å²) in [5, 5.41) is 9.07. The highest BCUT2D eigenvalue weighted by Gasteiger charge is 2.09. The average molecular weight is 219 g/mol. The van der Waals surface area contributed by atoms with Gasteiger partial charge in [-0.2, -0.15) is 0 Å². The van der Waals surface area contributed by atoms with Crippen molar-refractivity contribution in [1.82, 2.24) is 9.55 Å². The standard InChI is InChI=1S/C12H17N3O/c1-2-3-12-14-10-8-9(13)4-5-11(10)15(12)6-7-16/h4-5,8,16H,2-3,6-7,13H2,1H3. The average Bonchev–Trinajstić information content (AvgIpc) is 2.57. The fourth-order valence-electron chi connectivity index (χ4n) is 1.96. The molecule has 1 aromatic heterocycles. The number of aliphatic hydroxyl groups is 1. The minimum absolute atomic E-state index is 0.131. The molecular weight excluding hydrogens is 202 g/mol. The van der Waals surface area contributed by atoms with E-state index in [1.807, 2.05) is 18.2 Å². The van der Waals surface area contributed by atoms with Crippen molar-refractivity contribution in [3.05, 3.63) is 24.0 Å². The lowest BCUT2D eigenvalue weighted by Crippen LogP contribution is -2.06. The first-order valence-corrected chi connectivity index (χ1v) is 5.61. The summed E-state index contributed by atoms with van der Waals surface area (Å²) in [6, 6.07) is 5.71. The fourth-order valence-corrected chi connectivity index (χ4v) is 1.96. The predicted molar refractivity (Wildman–Crippen MR) is 65.2 cm³/mol. The zero-order chi connectivity index (χ0) is 11.5. The highest BCUT2D eigenvalue weighted by Crippen LogP contribution is 2.19. The number of fused-ring (bicyclic) bond motifs is 1. The summed E-state index contributed by atoms with van der Waals surface area (Å²) in [5.74, 6) is 1.03. The Balaban J connectivity index is 2.56. The molecule has 0 unspecified atom stereocenters. The minimum Gasteiger partial charge on any atom is -0.399 e. The number of nitrogens with two attached hydrogens (primary N) is 1. The van der Waals surface area contributed by atoms with E-state index in [4.69, 9.17) is 10.8 Å². The maximum atomic E-state index is 9.07. The summed E-state index contributed by atoms with van der Waals surface area (Å²) >= 11 is 0. The predicted octanol–water partition coefficient (Wildman–Crippen LogP) is 1.56. The number of rotatable bonds is 4. The Labute approximate surface area is 94.7 Å². The molecule has 0 radical (unpaired) electrons. The molecule has 0 aliphatic carbocycles. The van der Waals surface area contributed by atoms with Crippen LogP contribution in [0, 0.1) is 0 Å². The summed E-state index contributed by atoms with van der Waals surface area (Å²) in [6.07, 6.45) is 1.97. The van der Waals surface area contributed by atoms with Gasteiger partial charge in [0.15, 0.2) is 0 Å². The number of aromatic nitrogens is 2. The van der Waals surface area contributed by atoms with Crippen LogP contribution in [0.1, 0.15) is 19.2 Å². The Hall–Kier alpha value is -1.55. The Kier molecular flexibility index (Phi) is 3.10. The van der Waals surface area contributed by atoms with E-state index in [9.17, 15) is 0 Å². The number of nitrogen functional groups attached to an aromatic ring is 1. The van der Waals surface area contributed by atoms with E-state index in [1.165, 1.54) is 0 Å². The smallest absolute Gasteiger partial charge is 0.109 e. The van der Waals surface area contributed by atoms with Gasteiger partial charge in [-0.1, -0.05) is 6.92 Å². The molecule has 2 aromatic rings. The van der Waals surface area contributed by atoms with Crippen LogP contribution in [0.2, 0.25) is 0 Å². The van der Waals surface area contributed by atoms with Gasteiger partial charge in [0.05, 0.1) is 17.6 Å². The van der Waals surface area contributed by atoms with E-state index in [2.05, 4.69) is 16.5 Å². The highest BCUT2D eigenvalue weighted by atomic mass is 16.3. The zero-order valence-electron chi connectivity index (χ0n) is 9.48. The molecule has 0 atom stereocenters. The fraction of sp³-hybridized carbons (Fsp3) is 0.417. The number of aliphatic hydroxyl groups excluding tert-OH is 1. The number of hydrogen-bond acceptors (Lipinski definition) is 3. The second-order valence-corrected chi connectivity index (χ2v) is 3.90.